The van der Waals surface area contributed by atoms with Crippen molar-refractivity contribution in [3.05, 3.63) is 41.7 Å². The molecule has 1 aromatic heterocycles. The first-order chi connectivity index (χ1) is 13.7. The lowest BCUT2D eigenvalue weighted by Gasteiger charge is -2.22. The average molecular weight is 402 g/mol. The van der Waals surface area contributed by atoms with Crippen LogP contribution in [-0.2, 0) is 17.9 Å². The molecule has 0 saturated heterocycles. The summed E-state index contributed by atoms with van der Waals surface area (Å²) >= 11 is 1.38. The summed E-state index contributed by atoms with van der Waals surface area (Å²) in [4.78, 5) is 24.4. The minimum absolute atomic E-state index is 0.0430. The van der Waals surface area contributed by atoms with Crippen LogP contribution in [0.4, 0.5) is 0 Å². The SMILES string of the molecule is CCn1c(CNC(=O)c2ccccc2)nnc1SCC(=O)NC1CCCCC1. The Morgan fingerprint density at radius 3 is 2.61 bits per heavy atom. The summed E-state index contributed by atoms with van der Waals surface area (Å²) in [6.07, 6.45) is 5.81. The zero-order chi connectivity index (χ0) is 19.8. The fourth-order valence-electron chi connectivity index (χ4n) is 3.37. The summed E-state index contributed by atoms with van der Waals surface area (Å²) in [7, 11) is 0. The Morgan fingerprint density at radius 2 is 1.89 bits per heavy atom. The van der Waals surface area contributed by atoms with Crippen molar-refractivity contribution < 1.29 is 9.59 Å². The fourth-order valence-corrected chi connectivity index (χ4v) is 4.20. The smallest absolute Gasteiger partial charge is 0.251 e. The van der Waals surface area contributed by atoms with Crippen LogP contribution in [0.5, 0.6) is 0 Å². The van der Waals surface area contributed by atoms with Gasteiger partial charge in [-0.15, -0.1) is 10.2 Å². The molecule has 1 aliphatic rings. The average Bonchev–Trinajstić information content (AvgIpc) is 3.13. The molecule has 1 aliphatic carbocycles. The normalized spacial score (nSPS) is 14.6. The van der Waals surface area contributed by atoms with Gasteiger partial charge in [0.1, 0.15) is 0 Å². The third-order valence-corrected chi connectivity index (χ3v) is 5.82. The lowest BCUT2D eigenvalue weighted by Crippen LogP contribution is -2.37. The third-order valence-electron chi connectivity index (χ3n) is 4.86. The van der Waals surface area contributed by atoms with E-state index in [0.717, 1.165) is 12.8 Å². The predicted octanol–water partition coefficient (Wildman–Crippen LogP) is 2.77. The quantitative estimate of drug-likeness (QED) is 0.664. The molecule has 1 saturated carbocycles. The molecule has 0 bridgehead atoms. The summed E-state index contributed by atoms with van der Waals surface area (Å²) in [5, 5.41) is 15.1. The molecule has 0 unspecified atom stereocenters. The van der Waals surface area contributed by atoms with Crippen LogP contribution in [0.15, 0.2) is 35.5 Å². The summed E-state index contributed by atoms with van der Waals surface area (Å²) in [5.41, 5.74) is 0.610. The Bertz CT molecular complexity index is 787. The van der Waals surface area contributed by atoms with E-state index >= 15 is 0 Å². The maximum absolute atomic E-state index is 12.2. The second kappa shape index (κ2) is 10.3. The zero-order valence-corrected chi connectivity index (χ0v) is 17.0. The van der Waals surface area contributed by atoms with Gasteiger partial charge in [0.05, 0.1) is 12.3 Å². The van der Waals surface area contributed by atoms with Gasteiger partial charge in [-0.3, -0.25) is 9.59 Å². The number of aromatic nitrogens is 3. The molecule has 0 radical (unpaired) electrons. The Kier molecular flexibility index (Phi) is 7.47. The van der Waals surface area contributed by atoms with Gasteiger partial charge in [0.2, 0.25) is 5.91 Å². The van der Waals surface area contributed by atoms with E-state index in [1.165, 1.54) is 31.0 Å². The lowest BCUT2D eigenvalue weighted by molar-refractivity contribution is -0.119. The van der Waals surface area contributed by atoms with Crippen molar-refractivity contribution in [2.75, 3.05) is 5.75 Å². The van der Waals surface area contributed by atoms with Gasteiger partial charge < -0.3 is 15.2 Å². The number of hydrogen-bond donors (Lipinski definition) is 2. The molecule has 0 atom stereocenters. The van der Waals surface area contributed by atoms with Crippen LogP contribution in [0.25, 0.3) is 0 Å². The number of carbonyl (C=O) groups is 2. The van der Waals surface area contributed by atoms with Gasteiger partial charge in [-0.25, -0.2) is 0 Å². The van der Waals surface area contributed by atoms with Gasteiger partial charge in [0.25, 0.3) is 5.91 Å². The van der Waals surface area contributed by atoms with E-state index in [4.69, 9.17) is 0 Å². The number of nitrogens with zero attached hydrogens (tertiary/aromatic N) is 3. The van der Waals surface area contributed by atoms with Crippen molar-refractivity contribution in [1.29, 1.82) is 0 Å². The number of amides is 2. The molecule has 2 amide bonds. The molecule has 1 aromatic carbocycles. The summed E-state index contributed by atoms with van der Waals surface area (Å²) in [6, 6.07) is 9.39. The molecule has 0 aliphatic heterocycles. The largest absolute Gasteiger partial charge is 0.353 e. The fraction of sp³-hybridized carbons (Fsp3) is 0.500. The number of nitrogens with one attached hydrogen (secondary N) is 2. The molecule has 7 nitrogen and oxygen atoms in total. The molecule has 1 fully saturated rings. The highest BCUT2D eigenvalue weighted by Gasteiger charge is 2.18. The van der Waals surface area contributed by atoms with Crippen molar-refractivity contribution in [3.63, 3.8) is 0 Å². The minimum Gasteiger partial charge on any atom is -0.353 e. The lowest BCUT2D eigenvalue weighted by atomic mass is 9.95. The highest BCUT2D eigenvalue weighted by Crippen LogP contribution is 2.19. The van der Waals surface area contributed by atoms with Crippen molar-refractivity contribution in [2.24, 2.45) is 0 Å². The van der Waals surface area contributed by atoms with Crippen molar-refractivity contribution in [2.45, 2.75) is 63.3 Å². The number of hydrogen-bond acceptors (Lipinski definition) is 5. The zero-order valence-electron chi connectivity index (χ0n) is 16.2. The van der Waals surface area contributed by atoms with Crippen LogP contribution in [-0.4, -0.2) is 38.4 Å². The second-order valence-corrected chi connectivity index (χ2v) is 7.83. The maximum Gasteiger partial charge on any atom is 0.251 e. The predicted molar refractivity (Wildman–Crippen MR) is 109 cm³/mol. The van der Waals surface area contributed by atoms with E-state index in [2.05, 4.69) is 20.8 Å². The van der Waals surface area contributed by atoms with Gasteiger partial charge in [0.15, 0.2) is 11.0 Å². The molecular formula is C20H27N5O2S. The topological polar surface area (TPSA) is 88.9 Å². The standard InChI is InChI=1S/C20H27N5O2S/c1-2-25-17(13-21-19(27)15-9-5-3-6-10-15)23-24-20(25)28-14-18(26)22-16-11-7-4-8-12-16/h3,5-6,9-10,16H,2,4,7-8,11-14H2,1H3,(H,21,27)(H,22,26). The molecule has 3 rings (SSSR count). The Morgan fingerprint density at radius 1 is 1.14 bits per heavy atom. The van der Waals surface area contributed by atoms with E-state index in [0.29, 0.717) is 41.4 Å². The molecule has 0 spiro atoms. The van der Waals surface area contributed by atoms with Gasteiger partial charge in [-0.1, -0.05) is 49.2 Å². The summed E-state index contributed by atoms with van der Waals surface area (Å²) in [6.45, 7) is 2.97. The number of benzene rings is 1. The number of rotatable bonds is 8. The molecule has 2 aromatic rings. The highest BCUT2D eigenvalue weighted by atomic mass is 32.2. The van der Waals surface area contributed by atoms with E-state index in [1.807, 2.05) is 29.7 Å². The van der Waals surface area contributed by atoms with Gasteiger partial charge >= 0.3 is 0 Å². The van der Waals surface area contributed by atoms with Crippen LogP contribution in [0.3, 0.4) is 0 Å². The monoisotopic (exact) mass is 401 g/mol. The van der Waals surface area contributed by atoms with Crippen LogP contribution in [0.1, 0.15) is 55.2 Å². The minimum atomic E-state index is -0.146. The van der Waals surface area contributed by atoms with E-state index < -0.39 is 0 Å². The van der Waals surface area contributed by atoms with Gasteiger partial charge in [0, 0.05) is 18.2 Å². The molecular weight excluding hydrogens is 374 g/mol. The molecule has 2 N–H and O–H groups in total. The summed E-state index contributed by atoms with van der Waals surface area (Å²) in [5.74, 6) is 0.904. The van der Waals surface area contributed by atoms with Crippen LogP contribution < -0.4 is 10.6 Å². The maximum atomic E-state index is 12.2. The molecule has 150 valence electrons. The van der Waals surface area contributed by atoms with E-state index in [1.54, 1.807) is 12.1 Å². The van der Waals surface area contributed by atoms with Gasteiger partial charge in [-0.05, 0) is 31.9 Å². The molecule has 1 heterocycles. The van der Waals surface area contributed by atoms with Crippen LogP contribution in [0.2, 0.25) is 0 Å². The Hall–Kier alpha value is -2.35. The van der Waals surface area contributed by atoms with E-state index in [9.17, 15) is 9.59 Å². The Labute approximate surface area is 169 Å². The molecule has 8 heteroatoms. The third kappa shape index (κ3) is 5.58. The first-order valence-corrected chi connectivity index (χ1v) is 10.8. The van der Waals surface area contributed by atoms with Crippen LogP contribution in [0, 0.1) is 0 Å². The Balaban J connectivity index is 1.51. The highest BCUT2D eigenvalue weighted by molar-refractivity contribution is 7.99. The van der Waals surface area contributed by atoms with Crippen LogP contribution >= 0.6 is 11.8 Å². The van der Waals surface area contributed by atoms with Crippen molar-refractivity contribution in [3.8, 4) is 0 Å². The van der Waals surface area contributed by atoms with E-state index in [-0.39, 0.29) is 11.8 Å². The first-order valence-electron chi connectivity index (χ1n) is 9.85. The number of thioether (sulfide) groups is 1. The van der Waals surface area contributed by atoms with Crippen molar-refractivity contribution >= 4 is 23.6 Å². The van der Waals surface area contributed by atoms with Crippen molar-refractivity contribution in [1.82, 2.24) is 25.4 Å². The summed E-state index contributed by atoms with van der Waals surface area (Å²) < 4.78 is 1.93. The second-order valence-electron chi connectivity index (χ2n) is 6.88. The van der Waals surface area contributed by atoms with Gasteiger partial charge in [-0.2, -0.15) is 0 Å². The molecule has 28 heavy (non-hydrogen) atoms. The number of carbonyl (C=O) groups excluding carboxylic acids is 2. The first kappa shape index (κ1) is 20.4.